The van der Waals surface area contributed by atoms with Crippen molar-refractivity contribution in [2.75, 3.05) is 13.1 Å². The maximum absolute atomic E-state index is 4.61. The van der Waals surface area contributed by atoms with Crippen molar-refractivity contribution in [3.8, 4) is 0 Å². The zero-order valence-electron chi connectivity index (χ0n) is 11.5. The molecule has 0 N–H and O–H groups in total. The highest BCUT2D eigenvalue weighted by molar-refractivity contribution is 7.09. The van der Waals surface area contributed by atoms with Crippen LogP contribution in [0.15, 0.2) is 23.6 Å². The van der Waals surface area contributed by atoms with Crippen LogP contribution in [0.5, 0.6) is 0 Å². The van der Waals surface area contributed by atoms with Crippen molar-refractivity contribution in [1.29, 1.82) is 0 Å². The van der Waals surface area contributed by atoms with E-state index in [0.717, 1.165) is 36.8 Å². The molecule has 0 saturated carbocycles. The van der Waals surface area contributed by atoms with Gasteiger partial charge in [0.25, 0.3) is 0 Å². The molecule has 3 heterocycles. The standard InChI is InChI=1S/C15H19N3S/c1-11-8-12(2)17-15(16-11)13-5-6-18(9-13)10-14-4-3-7-19-14/h3-4,7-8,13H,5-6,9-10H2,1-2H3/t13-/m0/s1. The summed E-state index contributed by atoms with van der Waals surface area (Å²) in [5.41, 5.74) is 2.17. The van der Waals surface area contributed by atoms with E-state index < -0.39 is 0 Å². The Bertz CT molecular complexity index is 530. The third-order valence-electron chi connectivity index (χ3n) is 3.60. The van der Waals surface area contributed by atoms with Gasteiger partial charge in [-0.3, -0.25) is 4.90 Å². The summed E-state index contributed by atoms with van der Waals surface area (Å²) in [5, 5.41) is 2.15. The molecule has 0 bridgehead atoms. The summed E-state index contributed by atoms with van der Waals surface area (Å²) in [4.78, 5) is 13.2. The van der Waals surface area contributed by atoms with E-state index in [2.05, 4.69) is 46.2 Å². The molecule has 0 aromatic carbocycles. The van der Waals surface area contributed by atoms with Gasteiger partial charge in [0.15, 0.2) is 0 Å². The Labute approximate surface area is 118 Å². The molecule has 0 unspecified atom stereocenters. The molecule has 0 aliphatic carbocycles. The fourth-order valence-corrected chi connectivity index (χ4v) is 3.49. The van der Waals surface area contributed by atoms with Crippen molar-refractivity contribution >= 4 is 11.3 Å². The summed E-state index contributed by atoms with van der Waals surface area (Å²) in [7, 11) is 0. The molecule has 3 nitrogen and oxygen atoms in total. The first kappa shape index (κ1) is 12.8. The predicted molar refractivity (Wildman–Crippen MR) is 78.5 cm³/mol. The second-order valence-electron chi connectivity index (χ2n) is 5.31. The summed E-state index contributed by atoms with van der Waals surface area (Å²) in [6.45, 7) is 7.41. The van der Waals surface area contributed by atoms with Gasteiger partial charge in [-0.1, -0.05) is 6.07 Å². The lowest BCUT2D eigenvalue weighted by Crippen LogP contribution is -2.19. The Morgan fingerprint density at radius 3 is 2.79 bits per heavy atom. The van der Waals surface area contributed by atoms with Crippen LogP contribution in [0, 0.1) is 13.8 Å². The molecule has 2 aromatic heterocycles. The van der Waals surface area contributed by atoms with Gasteiger partial charge in [-0.2, -0.15) is 0 Å². The molecule has 1 aliphatic heterocycles. The fourth-order valence-electron chi connectivity index (χ4n) is 2.75. The largest absolute Gasteiger partial charge is 0.298 e. The molecule has 19 heavy (non-hydrogen) atoms. The molecule has 1 saturated heterocycles. The van der Waals surface area contributed by atoms with E-state index in [-0.39, 0.29) is 0 Å². The van der Waals surface area contributed by atoms with Crippen LogP contribution in [0.3, 0.4) is 0 Å². The molecule has 100 valence electrons. The van der Waals surface area contributed by atoms with Crippen LogP contribution in [0.2, 0.25) is 0 Å². The molecule has 1 aliphatic rings. The van der Waals surface area contributed by atoms with Gasteiger partial charge in [-0.05, 0) is 44.3 Å². The maximum atomic E-state index is 4.61. The van der Waals surface area contributed by atoms with E-state index in [1.165, 1.54) is 11.3 Å². The van der Waals surface area contributed by atoms with Gasteiger partial charge in [-0.15, -0.1) is 11.3 Å². The quantitative estimate of drug-likeness (QED) is 0.860. The summed E-state index contributed by atoms with van der Waals surface area (Å²) < 4.78 is 0. The molecule has 0 spiro atoms. The molecule has 1 atom stereocenters. The van der Waals surface area contributed by atoms with Gasteiger partial charge < -0.3 is 0 Å². The number of rotatable bonds is 3. The number of hydrogen-bond donors (Lipinski definition) is 0. The van der Waals surface area contributed by atoms with Crippen LogP contribution < -0.4 is 0 Å². The first-order chi connectivity index (χ1) is 9.20. The highest BCUT2D eigenvalue weighted by Gasteiger charge is 2.26. The molecule has 0 radical (unpaired) electrons. The van der Waals surface area contributed by atoms with Gasteiger partial charge in [0.1, 0.15) is 5.82 Å². The van der Waals surface area contributed by atoms with Crippen molar-refractivity contribution < 1.29 is 0 Å². The Kier molecular flexibility index (Phi) is 3.62. The summed E-state index contributed by atoms with van der Waals surface area (Å²) in [6, 6.07) is 6.38. The highest BCUT2D eigenvalue weighted by atomic mass is 32.1. The number of aromatic nitrogens is 2. The predicted octanol–water partition coefficient (Wildman–Crippen LogP) is 3.14. The summed E-state index contributed by atoms with van der Waals surface area (Å²) >= 11 is 1.84. The lowest BCUT2D eigenvalue weighted by molar-refractivity contribution is 0.328. The SMILES string of the molecule is Cc1cc(C)nc([C@H]2CCN(Cc3cccs3)C2)n1. The minimum Gasteiger partial charge on any atom is -0.298 e. The van der Waals surface area contributed by atoms with Gasteiger partial charge >= 0.3 is 0 Å². The van der Waals surface area contributed by atoms with E-state index in [9.17, 15) is 0 Å². The molecule has 0 amide bonds. The van der Waals surface area contributed by atoms with E-state index in [4.69, 9.17) is 0 Å². The normalized spacial score (nSPS) is 20.0. The first-order valence-corrected chi connectivity index (χ1v) is 7.65. The van der Waals surface area contributed by atoms with Gasteiger partial charge in [-0.25, -0.2) is 9.97 Å². The average molecular weight is 273 g/mol. The maximum Gasteiger partial charge on any atom is 0.133 e. The van der Waals surface area contributed by atoms with E-state index in [1.807, 2.05) is 17.4 Å². The molecule has 2 aromatic rings. The lowest BCUT2D eigenvalue weighted by Gasteiger charge is -2.14. The lowest BCUT2D eigenvalue weighted by atomic mass is 10.1. The van der Waals surface area contributed by atoms with Crippen LogP contribution in [0.4, 0.5) is 0 Å². The summed E-state index contributed by atoms with van der Waals surface area (Å²) in [6.07, 6.45) is 1.17. The van der Waals surface area contributed by atoms with Crippen molar-refractivity contribution in [2.24, 2.45) is 0 Å². The highest BCUT2D eigenvalue weighted by Crippen LogP contribution is 2.27. The van der Waals surface area contributed by atoms with Crippen molar-refractivity contribution in [2.45, 2.75) is 32.7 Å². The van der Waals surface area contributed by atoms with Crippen molar-refractivity contribution in [3.05, 3.63) is 45.7 Å². The van der Waals surface area contributed by atoms with Crippen LogP contribution in [0.1, 0.15) is 34.4 Å². The monoisotopic (exact) mass is 273 g/mol. The zero-order chi connectivity index (χ0) is 13.2. The minimum absolute atomic E-state index is 0.499. The smallest absolute Gasteiger partial charge is 0.133 e. The average Bonchev–Trinajstić information content (AvgIpc) is 2.99. The Morgan fingerprint density at radius 2 is 2.11 bits per heavy atom. The van der Waals surface area contributed by atoms with E-state index >= 15 is 0 Å². The summed E-state index contributed by atoms with van der Waals surface area (Å²) in [5.74, 6) is 1.53. The number of likely N-dealkylation sites (tertiary alicyclic amines) is 1. The fraction of sp³-hybridized carbons (Fsp3) is 0.467. The number of hydrogen-bond acceptors (Lipinski definition) is 4. The second kappa shape index (κ2) is 5.39. The van der Waals surface area contributed by atoms with E-state index in [0.29, 0.717) is 5.92 Å². The second-order valence-corrected chi connectivity index (χ2v) is 6.34. The molecule has 1 fully saturated rings. The third kappa shape index (κ3) is 3.01. The Morgan fingerprint density at radius 1 is 1.32 bits per heavy atom. The molecular formula is C15H19N3S. The van der Waals surface area contributed by atoms with Crippen molar-refractivity contribution in [3.63, 3.8) is 0 Å². The van der Waals surface area contributed by atoms with Crippen molar-refractivity contribution in [1.82, 2.24) is 14.9 Å². The van der Waals surface area contributed by atoms with Gasteiger partial charge in [0, 0.05) is 35.3 Å². The van der Waals surface area contributed by atoms with Crippen LogP contribution >= 0.6 is 11.3 Å². The van der Waals surface area contributed by atoms with Gasteiger partial charge in [0.2, 0.25) is 0 Å². The minimum atomic E-state index is 0.499. The number of aryl methyl sites for hydroxylation is 2. The van der Waals surface area contributed by atoms with Crippen LogP contribution in [-0.2, 0) is 6.54 Å². The van der Waals surface area contributed by atoms with Crippen LogP contribution in [0.25, 0.3) is 0 Å². The number of thiophene rings is 1. The van der Waals surface area contributed by atoms with Gasteiger partial charge in [0.05, 0.1) is 0 Å². The Balaban J connectivity index is 1.68. The Hall–Kier alpha value is -1.26. The molecular weight excluding hydrogens is 254 g/mol. The van der Waals surface area contributed by atoms with E-state index in [1.54, 1.807) is 0 Å². The van der Waals surface area contributed by atoms with Crippen LogP contribution in [-0.4, -0.2) is 28.0 Å². The first-order valence-electron chi connectivity index (χ1n) is 6.77. The zero-order valence-corrected chi connectivity index (χ0v) is 12.3. The number of nitrogens with zero attached hydrogens (tertiary/aromatic N) is 3. The third-order valence-corrected chi connectivity index (χ3v) is 4.46. The molecule has 4 heteroatoms. The molecule has 3 rings (SSSR count). The topological polar surface area (TPSA) is 29.0 Å².